The van der Waals surface area contributed by atoms with Crippen LogP contribution in [0.5, 0.6) is 0 Å². The van der Waals surface area contributed by atoms with Crippen molar-refractivity contribution in [2.24, 2.45) is 0 Å². The number of thioether (sulfide) groups is 1. The van der Waals surface area contributed by atoms with Crippen LogP contribution < -0.4 is 5.32 Å². The Morgan fingerprint density at radius 2 is 2.30 bits per heavy atom. The lowest BCUT2D eigenvalue weighted by Crippen LogP contribution is -2.45. The topological polar surface area (TPSA) is 41.6 Å². The molecule has 0 saturated carbocycles. The summed E-state index contributed by atoms with van der Waals surface area (Å²) < 4.78 is 5.10. The van der Waals surface area contributed by atoms with Crippen LogP contribution in [0.4, 0.5) is 4.79 Å². The lowest BCUT2D eigenvalue weighted by Gasteiger charge is -2.30. The van der Waals surface area contributed by atoms with Crippen molar-refractivity contribution in [3.05, 3.63) is 29.8 Å². The Morgan fingerprint density at radius 1 is 1.55 bits per heavy atom. The Hall–Kier alpha value is -1.20. The molecule has 0 saturated heterocycles. The third kappa shape index (κ3) is 3.46. The fourth-order valence-electron chi connectivity index (χ4n) is 2.30. The number of carbonyl (C=O) groups is 1. The van der Waals surface area contributed by atoms with Gasteiger partial charge in [0.1, 0.15) is 0 Å². The number of urea groups is 1. The monoisotopic (exact) mass is 294 g/mol. The largest absolute Gasteiger partial charge is 0.383 e. The van der Waals surface area contributed by atoms with Gasteiger partial charge in [-0.2, -0.15) is 0 Å². The molecule has 0 aromatic heterocycles. The number of rotatable bonds is 4. The predicted molar refractivity (Wildman–Crippen MR) is 82.2 cm³/mol. The molecule has 5 heteroatoms. The summed E-state index contributed by atoms with van der Waals surface area (Å²) in [5.41, 5.74) is 1.23. The molecule has 1 N–H and O–H groups in total. The maximum absolute atomic E-state index is 12.3. The van der Waals surface area contributed by atoms with Gasteiger partial charge >= 0.3 is 6.03 Å². The summed E-state index contributed by atoms with van der Waals surface area (Å²) in [7, 11) is 3.46. The molecule has 1 aromatic rings. The molecule has 110 valence electrons. The van der Waals surface area contributed by atoms with Crippen molar-refractivity contribution in [2.75, 3.05) is 26.5 Å². The molecule has 20 heavy (non-hydrogen) atoms. The first-order valence-electron chi connectivity index (χ1n) is 6.87. The first kappa shape index (κ1) is 15.2. The highest BCUT2D eigenvalue weighted by Crippen LogP contribution is 2.35. The zero-order valence-corrected chi connectivity index (χ0v) is 13.1. The third-order valence-electron chi connectivity index (χ3n) is 3.65. The average Bonchev–Trinajstić information content (AvgIpc) is 2.47. The second-order valence-electron chi connectivity index (χ2n) is 5.09. The number of ether oxygens (including phenoxy) is 1. The minimum atomic E-state index is -0.0405. The lowest BCUT2D eigenvalue weighted by atomic mass is 10.0. The Balaban J connectivity index is 2.02. The molecule has 4 nitrogen and oxygen atoms in total. The molecule has 2 rings (SSSR count). The Kier molecular flexibility index (Phi) is 5.31. The molecule has 1 heterocycles. The number of benzene rings is 1. The summed E-state index contributed by atoms with van der Waals surface area (Å²) in [6.45, 7) is 2.52. The van der Waals surface area contributed by atoms with Crippen molar-refractivity contribution >= 4 is 17.8 Å². The quantitative estimate of drug-likeness (QED) is 0.928. The van der Waals surface area contributed by atoms with Gasteiger partial charge < -0.3 is 15.0 Å². The Bertz CT molecular complexity index is 467. The molecule has 2 amide bonds. The van der Waals surface area contributed by atoms with Crippen molar-refractivity contribution in [2.45, 2.75) is 30.3 Å². The number of nitrogens with one attached hydrogen (secondary N) is 1. The van der Waals surface area contributed by atoms with Gasteiger partial charge in [-0.05, 0) is 25.0 Å². The van der Waals surface area contributed by atoms with Crippen LogP contribution in [0, 0.1) is 0 Å². The van der Waals surface area contributed by atoms with Gasteiger partial charge in [0.15, 0.2) is 0 Å². The van der Waals surface area contributed by atoms with E-state index in [-0.39, 0.29) is 18.1 Å². The van der Waals surface area contributed by atoms with Crippen molar-refractivity contribution < 1.29 is 9.53 Å². The van der Waals surface area contributed by atoms with Gasteiger partial charge in [-0.25, -0.2) is 4.79 Å². The van der Waals surface area contributed by atoms with Crippen molar-refractivity contribution in [3.8, 4) is 0 Å². The summed E-state index contributed by atoms with van der Waals surface area (Å²) >= 11 is 1.86. The number of nitrogens with zero attached hydrogens (tertiary/aromatic N) is 1. The molecule has 0 unspecified atom stereocenters. The van der Waals surface area contributed by atoms with E-state index in [1.54, 1.807) is 12.0 Å². The second kappa shape index (κ2) is 6.99. The van der Waals surface area contributed by atoms with E-state index in [0.717, 1.165) is 12.2 Å². The van der Waals surface area contributed by atoms with Crippen LogP contribution in [0.3, 0.4) is 0 Å². The highest BCUT2D eigenvalue weighted by atomic mass is 32.2. The van der Waals surface area contributed by atoms with Gasteiger partial charge in [-0.3, -0.25) is 0 Å². The summed E-state index contributed by atoms with van der Waals surface area (Å²) in [6.07, 6.45) is 0.972. The predicted octanol–water partition coefficient (Wildman–Crippen LogP) is 2.90. The van der Waals surface area contributed by atoms with Crippen LogP contribution >= 0.6 is 11.8 Å². The molecule has 2 atom stereocenters. The molecule has 1 aromatic carbocycles. The zero-order valence-electron chi connectivity index (χ0n) is 12.3. The summed E-state index contributed by atoms with van der Waals surface area (Å²) in [4.78, 5) is 15.3. The molecule has 1 aliphatic rings. The summed E-state index contributed by atoms with van der Waals surface area (Å²) in [5, 5.41) is 3.13. The maximum atomic E-state index is 12.3. The number of amides is 2. The number of likely N-dealkylation sites (N-methyl/N-ethyl adjacent to an activating group) is 1. The standard InChI is InChI=1S/C15H22N2O2S/c1-11(10-19-3)17(2)15(18)16-13-8-9-20-14-7-5-4-6-12(13)14/h4-7,11,13H,8-10H2,1-3H3,(H,16,18)/t11-,13-/m1/s1. The number of methoxy groups -OCH3 is 1. The number of fused-ring (bicyclic) bond motifs is 1. The van der Waals surface area contributed by atoms with Gasteiger partial charge in [-0.1, -0.05) is 18.2 Å². The molecule has 0 fully saturated rings. The van der Waals surface area contributed by atoms with E-state index < -0.39 is 0 Å². The van der Waals surface area contributed by atoms with Crippen LogP contribution in [-0.2, 0) is 4.74 Å². The Morgan fingerprint density at radius 3 is 3.05 bits per heavy atom. The van der Waals surface area contributed by atoms with Crippen LogP contribution in [-0.4, -0.2) is 43.5 Å². The fraction of sp³-hybridized carbons (Fsp3) is 0.533. The van der Waals surface area contributed by atoms with Gasteiger partial charge in [0.05, 0.1) is 18.7 Å². The van der Waals surface area contributed by atoms with Gasteiger partial charge in [-0.15, -0.1) is 11.8 Å². The third-order valence-corrected chi connectivity index (χ3v) is 4.77. The van der Waals surface area contributed by atoms with E-state index in [9.17, 15) is 4.79 Å². The summed E-state index contributed by atoms with van der Waals surface area (Å²) in [5.74, 6) is 1.04. The normalized spacial score (nSPS) is 19.1. The van der Waals surface area contributed by atoms with Gasteiger partial charge in [0.2, 0.25) is 0 Å². The van der Waals surface area contributed by atoms with Gasteiger partial charge in [0, 0.05) is 24.8 Å². The second-order valence-corrected chi connectivity index (χ2v) is 6.23. The van der Waals surface area contributed by atoms with Crippen molar-refractivity contribution in [1.82, 2.24) is 10.2 Å². The number of hydrogen-bond acceptors (Lipinski definition) is 3. The van der Waals surface area contributed by atoms with Crippen LogP contribution in [0.1, 0.15) is 24.9 Å². The van der Waals surface area contributed by atoms with Gasteiger partial charge in [0.25, 0.3) is 0 Å². The van der Waals surface area contributed by atoms with E-state index in [4.69, 9.17) is 4.74 Å². The smallest absolute Gasteiger partial charge is 0.317 e. The molecule has 1 aliphatic heterocycles. The SMILES string of the molecule is COC[C@@H](C)N(C)C(=O)N[C@@H]1CCSc2ccccc21. The van der Waals surface area contributed by atoms with Crippen LogP contribution in [0.15, 0.2) is 29.2 Å². The lowest BCUT2D eigenvalue weighted by molar-refractivity contribution is 0.122. The highest BCUT2D eigenvalue weighted by Gasteiger charge is 2.24. The van der Waals surface area contributed by atoms with E-state index in [1.807, 2.05) is 37.9 Å². The molecular weight excluding hydrogens is 272 g/mol. The van der Waals surface area contributed by atoms with E-state index in [0.29, 0.717) is 6.61 Å². The molecule has 0 bridgehead atoms. The highest BCUT2D eigenvalue weighted by molar-refractivity contribution is 7.99. The minimum Gasteiger partial charge on any atom is -0.383 e. The molecule has 0 spiro atoms. The first-order chi connectivity index (χ1) is 9.63. The first-order valence-corrected chi connectivity index (χ1v) is 7.86. The van der Waals surface area contributed by atoms with Crippen molar-refractivity contribution in [3.63, 3.8) is 0 Å². The van der Waals surface area contributed by atoms with Crippen LogP contribution in [0.25, 0.3) is 0 Å². The van der Waals surface area contributed by atoms with E-state index >= 15 is 0 Å². The zero-order chi connectivity index (χ0) is 14.5. The molecule has 0 radical (unpaired) electrons. The maximum Gasteiger partial charge on any atom is 0.317 e. The average molecular weight is 294 g/mol. The number of carbonyl (C=O) groups excluding carboxylic acids is 1. The number of hydrogen-bond donors (Lipinski definition) is 1. The minimum absolute atomic E-state index is 0.0405. The van der Waals surface area contributed by atoms with E-state index in [2.05, 4.69) is 17.4 Å². The fourth-order valence-corrected chi connectivity index (χ4v) is 3.42. The summed E-state index contributed by atoms with van der Waals surface area (Å²) in [6, 6.07) is 8.43. The Labute approximate surface area is 124 Å². The van der Waals surface area contributed by atoms with Crippen molar-refractivity contribution in [1.29, 1.82) is 0 Å². The molecule has 0 aliphatic carbocycles. The van der Waals surface area contributed by atoms with Crippen LogP contribution in [0.2, 0.25) is 0 Å². The van der Waals surface area contributed by atoms with E-state index in [1.165, 1.54) is 10.5 Å². The molecular formula is C15H22N2O2S.